The van der Waals surface area contributed by atoms with E-state index >= 15 is 0 Å². The number of anilines is 4. The summed E-state index contributed by atoms with van der Waals surface area (Å²) in [4.78, 5) is 118. The van der Waals surface area contributed by atoms with Gasteiger partial charge >= 0.3 is 52.9 Å². The first kappa shape index (κ1) is 91.7. The van der Waals surface area contributed by atoms with E-state index in [1.807, 2.05) is 0 Å². The van der Waals surface area contributed by atoms with Crippen LogP contribution in [0.25, 0.3) is 0 Å². The Hall–Kier alpha value is -4.55. The zero-order valence-electron chi connectivity index (χ0n) is 58.9. The van der Waals surface area contributed by atoms with Crippen LogP contribution in [-0.4, -0.2) is 73.1 Å². The summed E-state index contributed by atoms with van der Waals surface area (Å²) in [5, 5.41) is 6.97. The number of hydrogen-bond donors (Lipinski definition) is 10. The van der Waals surface area contributed by atoms with Crippen molar-refractivity contribution in [2.75, 3.05) is 10.6 Å². The van der Waals surface area contributed by atoms with E-state index < -0.39 is 79.5 Å². The molecule has 8 aromatic rings. The number of hydrogen-bond acceptors (Lipinski definition) is 12. The largest absolute Gasteiger partial charge is 1.00 e. The molecule has 20 nitrogen and oxygen atoms in total. The normalized spacial score (nSPS) is 15.5. The molecule has 0 saturated heterocycles. The maximum Gasteiger partial charge on any atom is 1.00 e. The third-order valence-corrected chi connectivity index (χ3v) is 26.5. The van der Waals surface area contributed by atoms with E-state index in [1.54, 1.807) is 0 Å². The first-order valence-corrected chi connectivity index (χ1v) is 43.4. The quantitative estimate of drug-likeness (QED) is 0.0133. The third kappa shape index (κ3) is 35.2. The van der Waals surface area contributed by atoms with E-state index in [9.17, 15) is 66.5 Å². The number of benzene rings is 8. The maximum atomic E-state index is 11.5. The zero-order chi connectivity index (χ0) is 73.6. The van der Waals surface area contributed by atoms with Crippen molar-refractivity contribution >= 4 is 68.3 Å². The molecule has 102 heavy (non-hydrogen) atoms. The van der Waals surface area contributed by atoms with Crippen molar-refractivity contribution in [2.24, 2.45) is 0 Å². The van der Waals surface area contributed by atoms with Crippen LogP contribution in [0.1, 0.15) is 149 Å². The van der Waals surface area contributed by atoms with E-state index in [1.165, 1.54) is 72.2 Å². The molecule has 0 bridgehead atoms. The van der Waals surface area contributed by atoms with Crippen LogP contribution in [-0.2, 0) is 53.1 Å². The van der Waals surface area contributed by atoms with Gasteiger partial charge < -0.3 is 87.6 Å². The molecule has 0 radical (unpaired) electrons. The predicted octanol–water partition coefficient (Wildman–Crippen LogP) is 8.72. The van der Waals surface area contributed by atoms with Gasteiger partial charge in [-0.15, -0.1) is 0 Å². The van der Waals surface area contributed by atoms with Gasteiger partial charge in [0, 0.05) is 45.4 Å². The molecule has 8 aromatic carbocycles. The average Bonchev–Trinajstić information content (AvgIpc) is 0.878. The van der Waals surface area contributed by atoms with E-state index in [0.29, 0.717) is 0 Å². The van der Waals surface area contributed by atoms with Crippen LogP contribution in [0.4, 0.5) is 22.7 Å². The summed E-state index contributed by atoms with van der Waals surface area (Å²) in [5.74, 6) is 0. The smallest absolute Gasteiger partial charge is 0.778 e. The minimum Gasteiger partial charge on any atom is -0.778 e. The van der Waals surface area contributed by atoms with Crippen molar-refractivity contribution < 1.29 is 124 Å². The molecule has 8 rings (SSSR count). The van der Waals surface area contributed by atoms with Gasteiger partial charge in [0.05, 0.1) is 11.3 Å². The summed E-state index contributed by atoms with van der Waals surface area (Å²) >= 11 is 0. The Morgan fingerprint density at radius 2 is 0.402 bits per heavy atom. The monoisotopic (exact) mass is 1500 g/mol. The second-order valence-electron chi connectivity index (χ2n) is 25.0. The van der Waals surface area contributed by atoms with Crippen LogP contribution >= 0.6 is 45.6 Å². The predicted molar refractivity (Wildman–Crippen MR) is 394 cm³/mol. The fourth-order valence-corrected chi connectivity index (χ4v) is 17.1. The first-order chi connectivity index (χ1) is 47.2. The number of nitrogens with one attached hydrogen (secondary N) is 2. The first-order valence-electron chi connectivity index (χ1n) is 33.5. The Morgan fingerprint density at radius 3 is 0.539 bits per heavy atom. The third-order valence-electron chi connectivity index (χ3n) is 17.4. The summed E-state index contributed by atoms with van der Waals surface area (Å²) in [6, 6.07) is 77.0. The standard InChI is InChI=1S/2C26H23N.2C11H27O9P3.2Li/c2*1-3-7-21(8-4-1)19-23-11-15-25(16-12-23)27-26-17-13-24(14-18-26)20-22-9-5-2-6-10-22;2*1-3-9(21(12,13)14)5-7-11(23(18,19)20)8-6-10(4-2)22(15,16)17;;/h2*1-18,27H,19-20H2;2*9-11H,3-8H2,1-2H3,(H2,12,13,14)(H2,15,16,17)(H2,18,19,20);;/q;;;;2*+1/p-4. The van der Waals surface area contributed by atoms with Gasteiger partial charge in [-0.25, -0.2) is 0 Å². The van der Waals surface area contributed by atoms with Gasteiger partial charge in [0.1, 0.15) is 30.4 Å². The second-order valence-corrected chi connectivity index (χ2v) is 36.2. The topological polar surface area (TPSA) is 381 Å². The Kier molecular flexibility index (Phi) is 40.6. The molecule has 0 amide bonds. The minimum atomic E-state index is -4.59. The molecule has 0 fully saturated rings. The fourth-order valence-electron chi connectivity index (χ4n) is 11.4. The van der Waals surface area contributed by atoms with E-state index in [-0.39, 0.29) is 115 Å². The van der Waals surface area contributed by atoms with Crippen LogP contribution < -0.4 is 67.9 Å². The minimum absolute atomic E-state index is 0. The van der Waals surface area contributed by atoms with Crippen LogP contribution in [0.5, 0.6) is 0 Å². The van der Waals surface area contributed by atoms with E-state index in [0.717, 1.165) is 48.4 Å². The zero-order valence-corrected chi connectivity index (χ0v) is 64.3. The number of rotatable bonds is 34. The Balaban J connectivity index is 0.000000353. The van der Waals surface area contributed by atoms with Crippen molar-refractivity contribution in [3.63, 3.8) is 0 Å². The van der Waals surface area contributed by atoms with Crippen LogP contribution in [0.15, 0.2) is 218 Å². The molecular weight excluding hydrogens is 1400 g/mol. The van der Waals surface area contributed by atoms with Crippen molar-refractivity contribution in [2.45, 2.75) is 164 Å². The maximum absolute atomic E-state index is 11.5. The fraction of sp³-hybridized carbons (Fsp3) is 0.351. The summed E-state index contributed by atoms with van der Waals surface area (Å²) in [6.07, 6.45) is 3.11. The molecule has 0 aliphatic rings. The van der Waals surface area contributed by atoms with Crippen molar-refractivity contribution in [1.29, 1.82) is 0 Å². The van der Waals surface area contributed by atoms with Crippen molar-refractivity contribution in [1.82, 2.24) is 0 Å². The van der Waals surface area contributed by atoms with Crippen molar-refractivity contribution in [3.05, 3.63) is 263 Å². The van der Waals surface area contributed by atoms with Gasteiger partial charge in [-0.05, 0) is 196 Å². The molecule has 0 heterocycles. The molecule has 0 aromatic heterocycles. The molecule has 28 heteroatoms. The Morgan fingerprint density at radius 1 is 0.255 bits per heavy atom. The van der Waals surface area contributed by atoms with Gasteiger partial charge in [-0.2, -0.15) is 0 Å². The van der Waals surface area contributed by atoms with Crippen LogP contribution in [0.2, 0.25) is 0 Å². The average molecular weight is 1500 g/mol. The summed E-state index contributed by atoms with van der Waals surface area (Å²) in [6.45, 7) is 6.13. The molecule has 10 N–H and O–H groups in total. The van der Waals surface area contributed by atoms with Gasteiger partial charge in [-0.3, -0.25) is 9.13 Å². The van der Waals surface area contributed by atoms with Gasteiger partial charge in [0.25, 0.3) is 0 Å². The summed E-state index contributed by atoms with van der Waals surface area (Å²) < 4.78 is 67.6. The molecule has 8 atom stereocenters. The Labute approximate surface area is 625 Å². The van der Waals surface area contributed by atoms with E-state index in [2.05, 4.69) is 229 Å². The SMILES string of the molecule is CCC(CCC(CCC(CC)P(=O)([O-])O)P(=O)(O)O)P(=O)([O-])O.CCC(CCC(CCC(CC)P(=O)([O-])O)P(=O)(O)O)P(=O)([O-])O.[Li+].[Li+].c1ccc(Cc2ccc(Nc3ccc(Cc4ccccc4)cc3)cc2)cc1.c1ccc(Cc2ccc(Nc3ccc(Cc4ccccc4)cc3)cc2)cc1. The van der Waals surface area contributed by atoms with Gasteiger partial charge in [0.2, 0.25) is 0 Å². The van der Waals surface area contributed by atoms with Gasteiger partial charge in [0.15, 0.2) is 0 Å². The summed E-state index contributed by atoms with van der Waals surface area (Å²) in [5.41, 5.74) is 8.29. The Bertz CT molecular complexity index is 3450. The molecular formula is C74H96Li2N2O18P6-2. The molecule has 0 saturated carbocycles. The van der Waals surface area contributed by atoms with Crippen LogP contribution in [0.3, 0.4) is 0 Å². The molecule has 544 valence electrons. The van der Waals surface area contributed by atoms with Crippen molar-refractivity contribution in [3.8, 4) is 0 Å². The summed E-state index contributed by atoms with van der Waals surface area (Å²) in [7, 11) is -27.5. The molecule has 0 aliphatic carbocycles. The molecule has 0 spiro atoms. The van der Waals surface area contributed by atoms with E-state index in [4.69, 9.17) is 19.6 Å². The van der Waals surface area contributed by atoms with Crippen LogP contribution in [0, 0.1) is 0 Å². The van der Waals surface area contributed by atoms with Gasteiger partial charge in [-0.1, -0.05) is 198 Å². The molecule has 8 unspecified atom stereocenters. The second kappa shape index (κ2) is 45.2. The molecule has 0 aliphatic heterocycles.